The molecule has 0 bridgehead atoms. The fourth-order valence-corrected chi connectivity index (χ4v) is 3.14. The predicted molar refractivity (Wildman–Crippen MR) is 74.9 cm³/mol. The van der Waals surface area contributed by atoms with Crippen molar-refractivity contribution in [3.05, 3.63) is 40.5 Å². The van der Waals surface area contributed by atoms with Gasteiger partial charge in [0, 0.05) is 36.3 Å². The number of likely N-dealkylation sites (N-methyl/N-ethyl adjacent to an activating group) is 1. The highest BCUT2D eigenvalue weighted by molar-refractivity contribution is 7.11. The lowest BCUT2D eigenvalue weighted by Gasteiger charge is -2.26. The Balaban J connectivity index is 1.97. The molecular formula is C13H16N4S. The molecule has 1 N–H and O–H groups in total. The van der Waals surface area contributed by atoms with Gasteiger partial charge in [-0.3, -0.25) is 4.99 Å². The van der Waals surface area contributed by atoms with Crippen LogP contribution in [0.5, 0.6) is 0 Å². The highest BCUT2D eigenvalue weighted by Gasteiger charge is 2.33. The molecule has 3 heterocycles. The number of nitrogens with zero attached hydrogens (tertiary/aromatic N) is 3. The number of hydrogen-bond donors (Lipinski definition) is 1. The summed E-state index contributed by atoms with van der Waals surface area (Å²) < 4.78 is 0. The standard InChI is InChI=1S/C13H16N4S/c1-3-9-7-16-12(13-15-4-5-18-13)17-8-10(14-2)6-11(9)17/h3-5,10,14H,1,6-8H2,2H3. The van der Waals surface area contributed by atoms with E-state index in [2.05, 4.69) is 26.8 Å². The van der Waals surface area contributed by atoms with Crippen LogP contribution < -0.4 is 5.32 Å². The van der Waals surface area contributed by atoms with Crippen molar-refractivity contribution in [2.45, 2.75) is 12.5 Å². The summed E-state index contributed by atoms with van der Waals surface area (Å²) in [5.41, 5.74) is 2.60. The molecule has 0 aliphatic carbocycles. The van der Waals surface area contributed by atoms with Gasteiger partial charge in [-0.2, -0.15) is 0 Å². The van der Waals surface area contributed by atoms with Crippen LogP contribution in [0.3, 0.4) is 0 Å². The molecule has 1 atom stereocenters. The van der Waals surface area contributed by atoms with E-state index in [1.54, 1.807) is 11.3 Å². The number of amidine groups is 1. The maximum absolute atomic E-state index is 4.67. The molecular weight excluding hydrogens is 244 g/mol. The van der Waals surface area contributed by atoms with E-state index in [-0.39, 0.29) is 0 Å². The lowest BCUT2D eigenvalue weighted by molar-refractivity contribution is 0.516. The third kappa shape index (κ3) is 1.79. The van der Waals surface area contributed by atoms with Crippen LogP contribution in [-0.4, -0.2) is 41.9 Å². The number of rotatable bonds is 3. The van der Waals surface area contributed by atoms with Gasteiger partial charge in [0.25, 0.3) is 0 Å². The quantitative estimate of drug-likeness (QED) is 0.898. The van der Waals surface area contributed by atoms with Gasteiger partial charge in [0.15, 0.2) is 10.8 Å². The normalized spacial score (nSPS) is 23.1. The average molecular weight is 260 g/mol. The summed E-state index contributed by atoms with van der Waals surface area (Å²) in [6.07, 6.45) is 4.81. The first kappa shape index (κ1) is 11.6. The van der Waals surface area contributed by atoms with Gasteiger partial charge in [-0.15, -0.1) is 11.3 Å². The van der Waals surface area contributed by atoms with Crippen molar-refractivity contribution >= 4 is 17.2 Å². The summed E-state index contributed by atoms with van der Waals surface area (Å²) in [5.74, 6) is 1.02. The van der Waals surface area contributed by atoms with Crippen LogP contribution in [0.4, 0.5) is 0 Å². The molecule has 1 aromatic rings. The minimum Gasteiger partial charge on any atom is -0.326 e. The molecule has 0 amide bonds. The van der Waals surface area contributed by atoms with Crippen molar-refractivity contribution in [3.8, 4) is 0 Å². The van der Waals surface area contributed by atoms with Crippen molar-refractivity contribution in [1.29, 1.82) is 0 Å². The number of aromatic nitrogens is 1. The summed E-state index contributed by atoms with van der Waals surface area (Å²) >= 11 is 1.64. The first-order valence-electron chi connectivity index (χ1n) is 6.07. The van der Waals surface area contributed by atoms with Crippen LogP contribution in [0.2, 0.25) is 0 Å². The lowest BCUT2D eigenvalue weighted by atomic mass is 10.1. The van der Waals surface area contributed by atoms with Gasteiger partial charge in [0.2, 0.25) is 0 Å². The van der Waals surface area contributed by atoms with Gasteiger partial charge in [-0.1, -0.05) is 12.7 Å². The Morgan fingerprint density at radius 2 is 2.50 bits per heavy atom. The van der Waals surface area contributed by atoms with Crippen molar-refractivity contribution in [2.24, 2.45) is 4.99 Å². The monoisotopic (exact) mass is 260 g/mol. The molecule has 2 aliphatic heterocycles. The molecule has 1 aromatic heterocycles. The summed E-state index contributed by atoms with van der Waals surface area (Å²) in [5, 5.41) is 6.35. The van der Waals surface area contributed by atoms with E-state index in [0.717, 1.165) is 30.4 Å². The summed E-state index contributed by atoms with van der Waals surface area (Å²) in [6, 6.07) is 0.484. The Bertz CT molecular complexity index is 515. The van der Waals surface area contributed by atoms with E-state index < -0.39 is 0 Å². The van der Waals surface area contributed by atoms with E-state index in [9.17, 15) is 0 Å². The van der Waals surface area contributed by atoms with E-state index >= 15 is 0 Å². The highest BCUT2D eigenvalue weighted by Crippen LogP contribution is 2.31. The predicted octanol–water partition coefficient (Wildman–Crippen LogP) is 1.64. The van der Waals surface area contributed by atoms with Crippen LogP contribution in [0, 0.1) is 0 Å². The summed E-state index contributed by atoms with van der Waals surface area (Å²) in [7, 11) is 2.01. The van der Waals surface area contributed by atoms with Crippen LogP contribution in [-0.2, 0) is 0 Å². The highest BCUT2D eigenvalue weighted by atomic mass is 32.1. The van der Waals surface area contributed by atoms with Crippen LogP contribution >= 0.6 is 11.3 Å². The minimum atomic E-state index is 0.484. The molecule has 0 saturated carbocycles. The van der Waals surface area contributed by atoms with E-state index in [0.29, 0.717) is 6.04 Å². The lowest BCUT2D eigenvalue weighted by Crippen LogP contribution is -2.35. The third-order valence-corrected chi connectivity index (χ3v) is 4.24. The molecule has 3 rings (SSSR count). The van der Waals surface area contributed by atoms with Crippen molar-refractivity contribution in [3.63, 3.8) is 0 Å². The third-order valence-electron chi connectivity index (χ3n) is 3.47. The molecule has 0 spiro atoms. The maximum Gasteiger partial charge on any atom is 0.165 e. The van der Waals surface area contributed by atoms with Gasteiger partial charge < -0.3 is 10.2 Å². The minimum absolute atomic E-state index is 0.484. The molecule has 94 valence electrons. The zero-order valence-electron chi connectivity index (χ0n) is 10.4. The number of hydrogen-bond acceptors (Lipinski definition) is 5. The molecule has 5 heteroatoms. The molecule has 2 aliphatic rings. The largest absolute Gasteiger partial charge is 0.326 e. The van der Waals surface area contributed by atoms with Crippen LogP contribution in [0.15, 0.2) is 40.5 Å². The average Bonchev–Trinajstić information content (AvgIpc) is 3.06. The van der Waals surface area contributed by atoms with Crippen LogP contribution in [0.1, 0.15) is 11.4 Å². The van der Waals surface area contributed by atoms with E-state index in [1.807, 2.05) is 24.7 Å². The Morgan fingerprint density at radius 3 is 3.17 bits per heavy atom. The second-order valence-electron chi connectivity index (χ2n) is 4.45. The van der Waals surface area contributed by atoms with Crippen molar-refractivity contribution in [1.82, 2.24) is 15.2 Å². The Hall–Kier alpha value is -1.46. The SMILES string of the molecule is C=CC1=C2CC(NC)CN2C(c2nccs2)=NC1. The fourth-order valence-electron chi connectivity index (χ4n) is 2.49. The fraction of sp³-hybridized carbons (Fsp3) is 0.385. The zero-order chi connectivity index (χ0) is 12.5. The van der Waals surface area contributed by atoms with Gasteiger partial charge >= 0.3 is 0 Å². The van der Waals surface area contributed by atoms with E-state index in [1.165, 1.54) is 11.3 Å². The zero-order valence-corrected chi connectivity index (χ0v) is 11.2. The Kier molecular flexibility index (Phi) is 3.01. The second kappa shape index (κ2) is 4.66. The van der Waals surface area contributed by atoms with Crippen molar-refractivity contribution < 1.29 is 0 Å². The molecule has 0 radical (unpaired) electrons. The molecule has 1 unspecified atom stereocenters. The van der Waals surface area contributed by atoms with Gasteiger partial charge in [-0.25, -0.2) is 4.98 Å². The summed E-state index contributed by atoms with van der Waals surface area (Å²) in [4.78, 5) is 11.3. The molecule has 18 heavy (non-hydrogen) atoms. The summed E-state index contributed by atoms with van der Waals surface area (Å²) in [6.45, 7) is 5.58. The molecule has 4 nitrogen and oxygen atoms in total. The molecule has 1 saturated heterocycles. The molecule has 0 aromatic carbocycles. The molecule has 1 fully saturated rings. The van der Waals surface area contributed by atoms with Gasteiger partial charge in [0.05, 0.1) is 6.54 Å². The van der Waals surface area contributed by atoms with E-state index in [4.69, 9.17) is 0 Å². The van der Waals surface area contributed by atoms with Crippen molar-refractivity contribution in [2.75, 3.05) is 20.1 Å². The topological polar surface area (TPSA) is 40.5 Å². The first-order valence-corrected chi connectivity index (χ1v) is 6.95. The number of aliphatic imine (C=N–C) groups is 1. The number of fused-ring (bicyclic) bond motifs is 1. The maximum atomic E-state index is 4.67. The number of thiazole rings is 1. The van der Waals surface area contributed by atoms with Crippen LogP contribution in [0.25, 0.3) is 0 Å². The smallest absolute Gasteiger partial charge is 0.165 e. The first-order chi connectivity index (χ1) is 8.83. The second-order valence-corrected chi connectivity index (χ2v) is 5.35. The number of nitrogens with one attached hydrogen (secondary N) is 1. The van der Waals surface area contributed by atoms with Gasteiger partial charge in [0.1, 0.15) is 0 Å². The Morgan fingerprint density at radius 1 is 1.61 bits per heavy atom. The van der Waals surface area contributed by atoms with Gasteiger partial charge in [-0.05, 0) is 12.6 Å². The Labute approximate surface area is 111 Å².